The summed E-state index contributed by atoms with van der Waals surface area (Å²) in [6.07, 6.45) is 3.63. The van der Waals surface area contributed by atoms with E-state index in [1.165, 1.54) is 0 Å². The van der Waals surface area contributed by atoms with Gasteiger partial charge in [0.2, 0.25) is 5.95 Å². The van der Waals surface area contributed by atoms with E-state index in [0.29, 0.717) is 42.7 Å². The zero-order valence-electron chi connectivity index (χ0n) is 16.1. The lowest BCUT2D eigenvalue weighted by molar-refractivity contribution is -0.115. The maximum Gasteiger partial charge on any atom is 0.410 e. The van der Waals surface area contributed by atoms with Gasteiger partial charge in [-0.25, -0.2) is 14.8 Å². The fourth-order valence-corrected chi connectivity index (χ4v) is 3.44. The lowest BCUT2D eigenvalue weighted by Crippen LogP contribution is -2.39. The Morgan fingerprint density at radius 1 is 1.25 bits per heavy atom. The number of ether oxygens (including phenoxy) is 1. The number of anilines is 1. The van der Waals surface area contributed by atoms with Gasteiger partial charge in [-0.15, -0.1) is 0 Å². The molecule has 0 bridgehead atoms. The Balaban J connectivity index is 1.68. The van der Waals surface area contributed by atoms with Gasteiger partial charge in [0.1, 0.15) is 5.60 Å². The van der Waals surface area contributed by atoms with Crippen molar-refractivity contribution in [2.24, 2.45) is 0 Å². The Kier molecular flexibility index (Phi) is 5.87. The van der Waals surface area contributed by atoms with Gasteiger partial charge < -0.3 is 14.5 Å². The number of thioether (sulfide) groups is 1. The molecule has 1 N–H and O–H groups in total. The number of nitrogens with zero attached hydrogens (tertiary/aromatic N) is 4. The number of carbonyl (C=O) groups excluding carboxylic acids is 3. The molecule has 0 unspecified atom stereocenters. The summed E-state index contributed by atoms with van der Waals surface area (Å²) in [6, 6.07) is 1.68. The van der Waals surface area contributed by atoms with Crippen molar-refractivity contribution in [2.75, 3.05) is 31.1 Å². The smallest absolute Gasteiger partial charge is 0.410 e. The minimum atomic E-state index is -0.528. The maximum absolute atomic E-state index is 12.3. The maximum atomic E-state index is 12.3. The topological polar surface area (TPSA) is 105 Å². The first-order chi connectivity index (χ1) is 13.2. The number of imide groups is 1. The van der Waals surface area contributed by atoms with Crippen LogP contribution in [0.3, 0.4) is 0 Å². The summed E-state index contributed by atoms with van der Waals surface area (Å²) in [7, 11) is 0. The predicted octanol–water partition coefficient (Wildman–Crippen LogP) is 2.25. The highest BCUT2D eigenvalue weighted by Gasteiger charge is 2.26. The highest BCUT2D eigenvalue weighted by molar-refractivity contribution is 8.18. The van der Waals surface area contributed by atoms with Crippen molar-refractivity contribution in [3.05, 3.63) is 22.9 Å². The van der Waals surface area contributed by atoms with Crippen LogP contribution in [0.25, 0.3) is 6.08 Å². The van der Waals surface area contributed by atoms with Crippen LogP contribution in [0.15, 0.2) is 17.2 Å². The predicted molar refractivity (Wildman–Crippen MR) is 106 cm³/mol. The second-order valence-corrected chi connectivity index (χ2v) is 8.46. The molecule has 2 aliphatic heterocycles. The summed E-state index contributed by atoms with van der Waals surface area (Å²) in [5.41, 5.74) is 0.0190. The van der Waals surface area contributed by atoms with Crippen molar-refractivity contribution >= 4 is 41.0 Å². The molecule has 0 atom stereocenters. The lowest BCUT2D eigenvalue weighted by Gasteiger charge is -2.26. The second kappa shape index (κ2) is 8.17. The standard InChI is InChI=1S/C18H23N5O4S/c1-18(2,3)27-17(26)23-8-4-7-22(9-10-23)15-19-6-5-12(20-15)11-13-14(24)21-16(25)28-13/h5-6,11H,4,7-10H2,1-3H3,(H,21,24,25)/b13-11+. The third-order valence-corrected chi connectivity index (χ3v) is 4.83. The minimum absolute atomic E-state index is 0.307. The molecule has 28 heavy (non-hydrogen) atoms. The third-order valence-electron chi connectivity index (χ3n) is 4.02. The molecule has 0 spiro atoms. The zero-order valence-corrected chi connectivity index (χ0v) is 16.9. The van der Waals surface area contributed by atoms with Crippen molar-refractivity contribution in [3.8, 4) is 0 Å². The molecule has 0 aliphatic carbocycles. The Bertz CT molecular complexity index is 820. The summed E-state index contributed by atoms with van der Waals surface area (Å²) in [6.45, 7) is 7.93. The average Bonchev–Trinajstić information content (AvgIpc) is 2.81. The van der Waals surface area contributed by atoms with E-state index in [4.69, 9.17) is 4.74 Å². The highest BCUT2D eigenvalue weighted by atomic mass is 32.2. The van der Waals surface area contributed by atoms with E-state index in [0.717, 1.165) is 18.2 Å². The van der Waals surface area contributed by atoms with Gasteiger partial charge in [0.25, 0.3) is 11.1 Å². The van der Waals surface area contributed by atoms with Crippen molar-refractivity contribution < 1.29 is 19.1 Å². The normalized spacial score (nSPS) is 19.6. The Hall–Kier alpha value is -2.62. The second-order valence-electron chi connectivity index (χ2n) is 7.44. The molecule has 3 heterocycles. The van der Waals surface area contributed by atoms with Crippen LogP contribution >= 0.6 is 11.8 Å². The summed E-state index contributed by atoms with van der Waals surface area (Å²) in [5, 5.41) is 1.83. The Morgan fingerprint density at radius 3 is 2.71 bits per heavy atom. The fraction of sp³-hybridized carbons (Fsp3) is 0.500. The molecular weight excluding hydrogens is 382 g/mol. The number of carbonyl (C=O) groups is 3. The molecule has 2 saturated heterocycles. The third kappa shape index (κ3) is 5.22. The molecule has 150 valence electrons. The van der Waals surface area contributed by atoms with E-state index in [9.17, 15) is 14.4 Å². The number of hydrogen-bond acceptors (Lipinski definition) is 8. The number of nitrogens with one attached hydrogen (secondary N) is 1. The number of aromatic nitrogens is 2. The van der Waals surface area contributed by atoms with E-state index in [-0.39, 0.29) is 11.3 Å². The van der Waals surface area contributed by atoms with E-state index in [2.05, 4.69) is 15.3 Å². The van der Waals surface area contributed by atoms with Crippen molar-refractivity contribution in [2.45, 2.75) is 32.8 Å². The van der Waals surface area contributed by atoms with Gasteiger partial charge in [0, 0.05) is 32.4 Å². The number of hydrogen-bond donors (Lipinski definition) is 1. The summed E-state index contributed by atoms with van der Waals surface area (Å²) >= 11 is 0.851. The van der Waals surface area contributed by atoms with E-state index in [1.54, 1.807) is 23.2 Å². The van der Waals surface area contributed by atoms with Crippen LogP contribution in [0.1, 0.15) is 32.9 Å². The molecule has 2 aliphatic rings. The molecule has 1 aromatic rings. The van der Waals surface area contributed by atoms with Crippen LogP contribution in [0.4, 0.5) is 15.5 Å². The van der Waals surface area contributed by atoms with Crippen LogP contribution in [-0.2, 0) is 9.53 Å². The first-order valence-corrected chi connectivity index (χ1v) is 9.84. The number of amides is 3. The molecule has 10 heteroatoms. The molecular formula is C18H23N5O4S. The Morgan fingerprint density at radius 2 is 2.04 bits per heavy atom. The van der Waals surface area contributed by atoms with Crippen molar-refractivity contribution in [1.82, 2.24) is 20.2 Å². The van der Waals surface area contributed by atoms with E-state index < -0.39 is 11.5 Å². The fourth-order valence-electron chi connectivity index (χ4n) is 2.78. The van der Waals surface area contributed by atoms with Gasteiger partial charge in [-0.3, -0.25) is 14.9 Å². The van der Waals surface area contributed by atoms with Gasteiger partial charge >= 0.3 is 6.09 Å². The van der Waals surface area contributed by atoms with E-state index in [1.807, 2.05) is 25.7 Å². The Labute approximate surface area is 167 Å². The highest BCUT2D eigenvalue weighted by Crippen LogP contribution is 2.25. The average molecular weight is 405 g/mol. The summed E-state index contributed by atoms with van der Waals surface area (Å²) < 4.78 is 5.45. The quantitative estimate of drug-likeness (QED) is 0.747. The van der Waals surface area contributed by atoms with Crippen LogP contribution in [0.2, 0.25) is 0 Å². The zero-order chi connectivity index (χ0) is 20.3. The molecule has 9 nitrogen and oxygen atoms in total. The summed E-state index contributed by atoms with van der Waals surface area (Å²) in [5.74, 6) is 0.105. The van der Waals surface area contributed by atoms with Crippen molar-refractivity contribution in [1.29, 1.82) is 0 Å². The first kappa shape index (κ1) is 20.1. The van der Waals surface area contributed by atoms with Crippen LogP contribution in [0, 0.1) is 0 Å². The van der Waals surface area contributed by atoms with Gasteiger partial charge in [-0.1, -0.05) is 0 Å². The lowest BCUT2D eigenvalue weighted by atomic mass is 10.2. The molecule has 2 fully saturated rings. The first-order valence-electron chi connectivity index (χ1n) is 9.02. The molecule has 0 radical (unpaired) electrons. The molecule has 1 aromatic heterocycles. The van der Waals surface area contributed by atoms with E-state index >= 15 is 0 Å². The summed E-state index contributed by atoms with van der Waals surface area (Å²) in [4.78, 5) is 48.1. The van der Waals surface area contributed by atoms with Crippen LogP contribution in [0.5, 0.6) is 0 Å². The monoisotopic (exact) mass is 405 g/mol. The van der Waals surface area contributed by atoms with Gasteiger partial charge in [0.15, 0.2) is 0 Å². The minimum Gasteiger partial charge on any atom is -0.444 e. The number of rotatable bonds is 2. The van der Waals surface area contributed by atoms with Crippen LogP contribution < -0.4 is 10.2 Å². The van der Waals surface area contributed by atoms with Crippen LogP contribution in [-0.4, -0.2) is 63.9 Å². The molecule has 0 aromatic carbocycles. The van der Waals surface area contributed by atoms with Gasteiger partial charge in [0.05, 0.1) is 10.6 Å². The largest absolute Gasteiger partial charge is 0.444 e. The van der Waals surface area contributed by atoms with Crippen molar-refractivity contribution in [3.63, 3.8) is 0 Å². The molecule has 0 saturated carbocycles. The van der Waals surface area contributed by atoms with Gasteiger partial charge in [-0.05, 0) is 51.1 Å². The van der Waals surface area contributed by atoms with Gasteiger partial charge in [-0.2, -0.15) is 0 Å². The SMILES string of the molecule is CC(C)(C)OC(=O)N1CCCN(c2nccc(/C=C3/SC(=O)NC3=O)n2)CC1. The molecule has 3 rings (SSSR count). The molecule has 3 amide bonds.